The lowest BCUT2D eigenvalue weighted by Gasteiger charge is -2.16. The Bertz CT molecular complexity index is 1230. The van der Waals surface area contributed by atoms with Crippen molar-refractivity contribution in [2.75, 3.05) is 25.8 Å². The van der Waals surface area contributed by atoms with Crippen LogP contribution in [0.5, 0.6) is 17.2 Å². The number of rotatable bonds is 5. The van der Waals surface area contributed by atoms with Gasteiger partial charge in [-0.1, -0.05) is 11.6 Å². The summed E-state index contributed by atoms with van der Waals surface area (Å²) in [5.41, 5.74) is -0.857. The Kier molecular flexibility index (Phi) is 6.36. The molecule has 1 fully saturated rings. The zero-order valence-corrected chi connectivity index (χ0v) is 18.8. The van der Waals surface area contributed by atoms with Crippen LogP contribution in [-0.4, -0.2) is 42.4 Å². The number of ether oxygens (including phenoxy) is 3. The number of carbonyl (C=O) groups is 3. The normalized spacial score (nSPS) is 16.4. The molecule has 2 aromatic rings. The van der Waals surface area contributed by atoms with Gasteiger partial charge in [0.2, 0.25) is 12.7 Å². The maximum Gasteiger partial charge on any atom is 0.416 e. The first-order valence-electron chi connectivity index (χ1n) is 9.46. The van der Waals surface area contributed by atoms with Crippen molar-refractivity contribution in [1.82, 2.24) is 4.90 Å². The summed E-state index contributed by atoms with van der Waals surface area (Å²) in [6, 6.07) is 5.61. The third-order valence-electron chi connectivity index (χ3n) is 4.75. The van der Waals surface area contributed by atoms with Gasteiger partial charge in [0.25, 0.3) is 11.1 Å². The van der Waals surface area contributed by atoms with Gasteiger partial charge in [-0.25, -0.2) is 0 Å². The molecule has 0 spiro atoms. The molecule has 2 aliphatic heterocycles. The summed E-state index contributed by atoms with van der Waals surface area (Å²) in [7, 11) is 1.22. The van der Waals surface area contributed by atoms with Crippen molar-refractivity contribution in [3.8, 4) is 17.2 Å². The number of hydrogen-bond donors (Lipinski definition) is 1. The van der Waals surface area contributed by atoms with Crippen molar-refractivity contribution < 1.29 is 41.8 Å². The molecule has 3 amide bonds. The van der Waals surface area contributed by atoms with Crippen LogP contribution in [0.25, 0.3) is 6.08 Å². The predicted molar refractivity (Wildman–Crippen MR) is 117 cm³/mol. The number of methoxy groups -OCH3 is 1. The first kappa shape index (κ1) is 23.8. The van der Waals surface area contributed by atoms with Crippen LogP contribution < -0.4 is 19.5 Å². The van der Waals surface area contributed by atoms with Gasteiger partial charge >= 0.3 is 6.18 Å². The minimum absolute atomic E-state index is 0.00946. The summed E-state index contributed by atoms with van der Waals surface area (Å²) in [4.78, 5) is 38.2. The van der Waals surface area contributed by atoms with E-state index in [1.54, 1.807) is 6.07 Å². The van der Waals surface area contributed by atoms with Crippen LogP contribution in [0.2, 0.25) is 5.02 Å². The Hall–Kier alpha value is -3.38. The summed E-state index contributed by atoms with van der Waals surface area (Å²) in [5, 5.41) is 1.79. The molecule has 0 radical (unpaired) electrons. The topological polar surface area (TPSA) is 94.2 Å². The number of thioether (sulfide) groups is 1. The summed E-state index contributed by atoms with van der Waals surface area (Å²) >= 11 is 6.79. The van der Waals surface area contributed by atoms with Crippen LogP contribution in [-0.2, 0) is 15.8 Å². The fraction of sp³-hybridized carbons (Fsp3) is 0.190. The zero-order chi connectivity index (χ0) is 24.6. The lowest BCUT2D eigenvalue weighted by atomic mass is 10.1. The van der Waals surface area contributed by atoms with Gasteiger partial charge in [0.15, 0.2) is 11.5 Å². The number of halogens is 4. The van der Waals surface area contributed by atoms with Gasteiger partial charge in [0.1, 0.15) is 12.3 Å². The van der Waals surface area contributed by atoms with E-state index in [-0.39, 0.29) is 28.2 Å². The molecular formula is C21H14ClF3N2O6S. The van der Waals surface area contributed by atoms with E-state index in [1.165, 1.54) is 19.3 Å². The maximum atomic E-state index is 13.0. The Morgan fingerprint density at radius 3 is 2.62 bits per heavy atom. The van der Waals surface area contributed by atoms with Crippen LogP contribution in [0.15, 0.2) is 35.2 Å². The predicted octanol–water partition coefficient (Wildman–Crippen LogP) is 4.77. The number of nitrogens with zero attached hydrogens (tertiary/aromatic N) is 1. The standard InChI is InChI=1S/C21H14ClF3N2O6S/c1-31-14-3-2-11(21(23,24)25)6-13(14)26-18(28)8-27-19(29)17(34-20(27)30)5-10-4-15-16(7-12(10)22)33-9-32-15/h2-7H,8-9H2,1H3,(H,26,28)/b17-5-. The first-order valence-corrected chi connectivity index (χ1v) is 10.7. The molecular weight excluding hydrogens is 501 g/mol. The number of fused-ring (bicyclic) bond motifs is 1. The number of benzene rings is 2. The van der Waals surface area contributed by atoms with E-state index in [4.69, 9.17) is 25.8 Å². The highest BCUT2D eigenvalue weighted by Crippen LogP contribution is 2.40. The number of amides is 3. The lowest BCUT2D eigenvalue weighted by molar-refractivity contribution is -0.137. The highest BCUT2D eigenvalue weighted by atomic mass is 35.5. The third kappa shape index (κ3) is 4.77. The van der Waals surface area contributed by atoms with Gasteiger partial charge in [0, 0.05) is 6.07 Å². The van der Waals surface area contributed by atoms with Crippen molar-refractivity contribution in [3.63, 3.8) is 0 Å². The van der Waals surface area contributed by atoms with Crippen molar-refractivity contribution >= 4 is 52.2 Å². The number of alkyl halides is 3. The molecule has 1 saturated heterocycles. The average Bonchev–Trinajstić information content (AvgIpc) is 3.32. The second-order valence-electron chi connectivity index (χ2n) is 6.96. The first-order chi connectivity index (χ1) is 16.1. The molecule has 0 saturated carbocycles. The maximum absolute atomic E-state index is 13.0. The van der Waals surface area contributed by atoms with E-state index in [0.29, 0.717) is 39.8 Å². The second kappa shape index (κ2) is 9.11. The Labute approximate surface area is 199 Å². The molecule has 0 atom stereocenters. The molecule has 0 bridgehead atoms. The molecule has 0 aromatic heterocycles. The monoisotopic (exact) mass is 514 g/mol. The second-order valence-corrected chi connectivity index (χ2v) is 8.36. The average molecular weight is 515 g/mol. The van der Waals surface area contributed by atoms with E-state index >= 15 is 0 Å². The third-order valence-corrected chi connectivity index (χ3v) is 5.99. The fourth-order valence-corrected chi connectivity index (χ4v) is 4.17. The summed E-state index contributed by atoms with van der Waals surface area (Å²) in [5.74, 6) is -0.800. The van der Waals surface area contributed by atoms with Crippen molar-refractivity contribution in [2.24, 2.45) is 0 Å². The van der Waals surface area contributed by atoms with Gasteiger partial charge in [-0.3, -0.25) is 19.3 Å². The lowest BCUT2D eigenvalue weighted by Crippen LogP contribution is -2.36. The quantitative estimate of drug-likeness (QED) is 0.574. The van der Waals surface area contributed by atoms with E-state index < -0.39 is 35.3 Å². The van der Waals surface area contributed by atoms with Crippen LogP contribution in [0.3, 0.4) is 0 Å². The molecule has 8 nitrogen and oxygen atoms in total. The molecule has 0 unspecified atom stereocenters. The minimum atomic E-state index is -4.64. The SMILES string of the molecule is COc1ccc(C(F)(F)F)cc1NC(=O)CN1C(=O)S/C(=C\c2cc3c(cc2Cl)OCO3)C1=O. The highest BCUT2D eigenvalue weighted by molar-refractivity contribution is 8.18. The molecule has 2 aliphatic rings. The van der Waals surface area contributed by atoms with Crippen LogP contribution in [0.4, 0.5) is 23.7 Å². The smallest absolute Gasteiger partial charge is 0.416 e. The molecule has 34 heavy (non-hydrogen) atoms. The molecule has 1 N–H and O–H groups in total. The summed E-state index contributed by atoms with van der Waals surface area (Å²) in [6.07, 6.45) is -3.26. The number of anilines is 1. The van der Waals surface area contributed by atoms with Gasteiger partial charge in [0.05, 0.1) is 28.3 Å². The number of nitrogens with one attached hydrogen (secondary N) is 1. The van der Waals surface area contributed by atoms with Gasteiger partial charge in [-0.05, 0) is 47.7 Å². The minimum Gasteiger partial charge on any atom is -0.495 e. The Morgan fingerprint density at radius 1 is 1.24 bits per heavy atom. The van der Waals surface area contributed by atoms with Crippen molar-refractivity contribution in [2.45, 2.75) is 6.18 Å². The fourth-order valence-electron chi connectivity index (χ4n) is 3.14. The molecule has 0 aliphatic carbocycles. The van der Waals surface area contributed by atoms with E-state index in [9.17, 15) is 27.6 Å². The molecule has 4 rings (SSSR count). The summed E-state index contributed by atoms with van der Waals surface area (Å²) in [6.45, 7) is -0.687. The van der Waals surface area contributed by atoms with E-state index in [1.807, 2.05) is 0 Å². The largest absolute Gasteiger partial charge is 0.495 e. The number of hydrogen-bond acceptors (Lipinski definition) is 7. The molecule has 2 heterocycles. The van der Waals surface area contributed by atoms with E-state index in [2.05, 4.69) is 5.32 Å². The van der Waals surface area contributed by atoms with Crippen molar-refractivity contribution in [3.05, 3.63) is 51.4 Å². The van der Waals surface area contributed by atoms with Gasteiger partial charge < -0.3 is 19.5 Å². The van der Waals surface area contributed by atoms with Crippen LogP contribution in [0.1, 0.15) is 11.1 Å². The number of imide groups is 1. The number of carbonyl (C=O) groups excluding carboxylic acids is 3. The van der Waals surface area contributed by atoms with E-state index in [0.717, 1.165) is 12.1 Å². The zero-order valence-electron chi connectivity index (χ0n) is 17.2. The molecule has 13 heteroatoms. The summed E-state index contributed by atoms with van der Waals surface area (Å²) < 4.78 is 54.5. The highest BCUT2D eigenvalue weighted by Gasteiger charge is 2.37. The van der Waals surface area contributed by atoms with Gasteiger partial charge in [-0.15, -0.1) is 0 Å². The Morgan fingerprint density at radius 2 is 1.94 bits per heavy atom. The molecule has 178 valence electrons. The molecule has 2 aromatic carbocycles. The Balaban J connectivity index is 1.50. The van der Waals surface area contributed by atoms with Gasteiger partial charge in [-0.2, -0.15) is 13.2 Å². The van der Waals surface area contributed by atoms with Crippen LogP contribution >= 0.6 is 23.4 Å². The van der Waals surface area contributed by atoms with Crippen LogP contribution in [0, 0.1) is 0 Å². The van der Waals surface area contributed by atoms with Crippen molar-refractivity contribution in [1.29, 1.82) is 0 Å².